The van der Waals surface area contributed by atoms with Gasteiger partial charge < -0.3 is 19.1 Å². The van der Waals surface area contributed by atoms with Gasteiger partial charge in [-0.3, -0.25) is 19.3 Å². The van der Waals surface area contributed by atoms with Crippen molar-refractivity contribution < 1.29 is 23.8 Å². The van der Waals surface area contributed by atoms with Crippen molar-refractivity contribution in [1.29, 1.82) is 0 Å². The molecule has 4 aromatic rings. The molecule has 1 saturated heterocycles. The summed E-state index contributed by atoms with van der Waals surface area (Å²) < 4.78 is 18.6. The van der Waals surface area contributed by atoms with E-state index < -0.39 is 0 Å². The van der Waals surface area contributed by atoms with Crippen molar-refractivity contribution in [2.45, 2.75) is 52.6 Å². The van der Waals surface area contributed by atoms with Crippen molar-refractivity contribution >= 4 is 11.9 Å². The Kier molecular flexibility index (Phi) is 10.5. The first-order chi connectivity index (χ1) is 23.4. The smallest absolute Gasteiger partial charge is 0.309 e. The zero-order valence-electron chi connectivity index (χ0n) is 27.6. The third-order valence-electron chi connectivity index (χ3n) is 8.74. The number of carbonyl (C=O) groups is 2. The molecule has 1 amide bonds. The van der Waals surface area contributed by atoms with E-state index in [0.29, 0.717) is 74.1 Å². The summed E-state index contributed by atoms with van der Waals surface area (Å²) >= 11 is 0. The maximum Gasteiger partial charge on any atom is 0.309 e. The number of likely N-dealkylation sites (tertiary alicyclic amines) is 1. The molecule has 2 aliphatic heterocycles. The van der Waals surface area contributed by atoms with E-state index in [1.165, 1.54) is 17.1 Å². The van der Waals surface area contributed by atoms with Gasteiger partial charge >= 0.3 is 12.0 Å². The van der Waals surface area contributed by atoms with Crippen LogP contribution >= 0.6 is 0 Å². The van der Waals surface area contributed by atoms with Crippen LogP contribution in [0.25, 0.3) is 5.69 Å². The predicted octanol–water partition coefficient (Wildman–Crippen LogP) is 5.33. The van der Waals surface area contributed by atoms with Crippen LogP contribution in [0.2, 0.25) is 0 Å². The molecule has 0 spiro atoms. The highest BCUT2D eigenvalue weighted by Crippen LogP contribution is 2.29. The Morgan fingerprint density at radius 2 is 1.67 bits per heavy atom. The van der Waals surface area contributed by atoms with Crippen molar-refractivity contribution in [3.8, 4) is 23.2 Å². The Morgan fingerprint density at radius 3 is 2.42 bits per heavy atom. The van der Waals surface area contributed by atoms with E-state index in [4.69, 9.17) is 19.2 Å². The van der Waals surface area contributed by atoms with Crippen LogP contribution in [-0.2, 0) is 40.3 Å². The van der Waals surface area contributed by atoms with Crippen molar-refractivity contribution in [1.82, 2.24) is 19.4 Å². The Labute approximate surface area is 280 Å². The lowest BCUT2D eigenvalue weighted by Gasteiger charge is -2.41. The van der Waals surface area contributed by atoms with E-state index in [-0.39, 0.29) is 35.9 Å². The second-order valence-electron chi connectivity index (χ2n) is 12.4. The third kappa shape index (κ3) is 7.94. The van der Waals surface area contributed by atoms with Gasteiger partial charge in [0.15, 0.2) is 0 Å². The molecule has 10 heteroatoms. The molecule has 0 N–H and O–H groups in total. The van der Waals surface area contributed by atoms with Gasteiger partial charge in [-0.15, -0.1) is 0 Å². The standard InChI is InChI=1S/C38H42N4O6/c1-3-4-20-47-32-11-8-12-33(22-32)48-38-39-35-17-19-41(26-34(35)37(45)42(38)31-9-6-5-7-10-31)36(44)30-24-40(25-30)23-29-15-13-28(14-16-29)18-21-46-27(2)43/h5-16,22,30H,3-4,17-21,23-26H2,1-2H3. The fourth-order valence-corrected chi connectivity index (χ4v) is 6.08. The number of fused-ring (bicyclic) bond motifs is 1. The molecule has 3 heterocycles. The monoisotopic (exact) mass is 650 g/mol. The van der Waals surface area contributed by atoms with Gasteiger partial charge in [-0.05, 0) is 41.8 Å². The van der Waals surface area contributed by atoms with E-state index in [0.717, 1.165) is 24.9 Å². The number of hydrogen-bond donors (Lipinski definition) is 0. The summed E-state index contributed by atoms with van der Waals surface area (Å²) in [6.07, 6.45) is 3.16. The van der Waals surface area contributed by atoms with Crippen LogP contribution in [0, 0.1) is 5.92 Å². The number of unbranched alkanes of at least 4 members (excludes halogenated alkanes) is 1. The first-order valence-electron chi connectivity index (χ1n) is 16.7. The van der Waals surface area contributed by atoms with Crippen molar-refractivity contribution in [2.75, 3.05) is 32.8 Å². The van der Waals surface area contributed by atoms with E-state index in [1.54, 1.807) is 4.90 Å². The van der Waals surface area contributed by atoms with Crippen LogP contribution in [0.15, 0.2) is 83.7 Å². The van der Waals surface area contributed by atoms with Crippen LogP contribution in [0.5, 0.6) is 17.5 Å². The number of para-hydroxylation sites is 1. The molecule has 0 saturated carbocycles. The van der Waals surface area contributed by atoms with Crippen LogP contribution in [-0.4, -0.2) is 64.1 Å². The fraction of sp³-hybridized carbons (Fsp3) is 0.368. The van der Waals surface area contributed by atoms with Gasteiger partial charge in [0.25, 0.3) is 5.56 Å². The summed E-state index contributed by atoms with van der Waals surface area (Å²) in [5.41, 5.74) is 3.87. The number of ether oxygens (including phenoxy) is 3. The molecular weight excluding hydrogens is 608 g/mol. The molecule has 0 aliphatic carbocycles. The highest BCUT2D eigenvalue weighted by Gasteiger charge is 2.37. The van der Waals surface area contributed by atoms with Crippen LogP contribution < -0.4 is 15.0 Å². The molecule has 0 bridgehead atoms. The molecular formula is C38H42N4O6. The minimum Gasteiger partial charge on any atom is -0.493 e. The van der Waals surface area contributed by atoms with Gasteiger partial charge in [0.1, 0.15) is 11.5 Å². The average molecular weight is 651 g/mol. The molecule has 0 atom stereocenters. The number of hydrogen-bond acceptors (Lipinski definition) is 8. The zero-order valence-corrected chi connectivity index (χ0v) is 27.6. The Morgan fingerprint density at radius 1 is 0.917 bits per heavy atom. The summed E-state index contributed by atoms with van der Waals surface area (Å²) in [6.45, 7) is 7.36. The molecule has 6 rings (SSSR count). The fourth-order valence-electron chi connectivity index (χ4n) is 6.08. The predicted molar refractivity (Wildman–Crippen MR) is 181 cm³/mol. The van der Waals surface area contributed by atoms with Gasteiger partial charge in [-0.25, -0.2) is 9.55 Å². The molecule has 10 nitrogen and oxygen atoms in total. The van der Waals surface area contributed by atoms with E-state index in [2.05, 4.69) is 36.1 Å². The van der Waals surface area contributed by atoms with Gasteiger partial charge in [-0.2, -0.15) is 0 Å². The van der Waals surface area contributed by atoms with Gasteiger partial charge in [0, 0.05) is 52.0 Å². The number of nitrogens with zero attached hydrogens (tertiary/aromatic N) is 4. The summed E-state index contributed by atoms with van der Waals surface area (Å²) in [7, 11) is 0. The lowest BCUT2D eigenvalue weighted by atomic mass is 9.95. The number of benzene rings is 3. The van der Waals surface area contributed by atoms with E-state index in [9.17, 15) is 14.4 Å². The summed E-state index contributed by atoms with van der Waals surface area (Å²) in [5.74, 6) is 0.922. The van der Waals surface area contributed by atoms with Gasteiger partial charge in [-0.1, -0.05) is 61.9 Å². The second-order valence-corrected chi connectivity index (χ2v) is 12.4. The maximum atomic E-state index is 14.1. The van der Waals surface area contributed by atoms with Gasteiger partial charge in [0.2, 0.25) is 5.91 Å². The molecule has 0 radical (unpaired) electrons. The van der Waals surface area contributed by atoms with Crippen molar-refractivity contribution in [2.24, 2.45) is 5.92 Å². The highest BCUT2D eigenvalue weighted by molar-refractivity contribution is 5.80. The minimum atomic E-state index is -0.270. The lowest BCUT2D eigenvalue weighted by molar-refractivity contribution is -0.142. The number of esters is 1. The quantitative estimate of drug-likeness (QED) is 0.141. The number of rotatable bonds is 13. The molecule has 48 heavy (non-hydrogen) atoms. The first kappa shape index (κ1) is 33.0. The Balaban J connectivity index is 1.12. The van der Waals surface area contributed by atoms with Crippen LogP contribution in [0.4, 0.5) is 0 Å². The van der Waals surface area contributed by atoms with Crippen molar-refractivity contribution in [3.05, 3.63) is 112 Å². The first-order valence-corrected chi connectivity index (χ1v) is 16.7. The molecule has 3 aromatic carbocycles. The number of aromatic nitrogens is 2. The summed E-state index contributed by atoms with van der Waals surface area (Å²) in [4.78, 5) is 47.6. The Bertz CT molecular complexity index is 1780. The molecule has 0 unspecified atom stereocenters. The zero-order chi connectivity index (χ0) is 33.5. The second kappa shape index (κ2) is 15.3. The number of carbonyl (C=O) groups excluding carboxylic acids is 2. The molecule has 1 aromatic heterocycles. The van der Waals surface area contributed by atoms with Crippen LogP contribution in [0.3, 0.4) is 0 Å². The lowest BCUT2D eigenvalue weighted by Crippen LogP contribution is -2.55. The van der Waals surface area contributed by atoms with Crippen LogP contribution in [0.1, 0.15) is 49.1 Å². The number of amides is 1. The summed E-state index contributed by atoms with van der Waals surface area (Å²) in [6, 6.07) is 25.1. The molecule has 1 fully saturated rings. The average Bonchev–Trinajstić information content (AvgIpc) is 3.07. The van der Waals surface area contributed by atoms with E-state index in [1.807, 2.05) is 54.6 Å². The largest absolute Gasteiger partial charge is 0.493 e. The van der Waals surface area contributed by atoms with E-state index >= 15 is 0 Å². The van der Waals surface area contributed by atoms with Crippen molar-refractivity contribution in [3.63, 3.8) is 0 Å². The summed E-state index contributed by atoms with van der Waals surface area (Å²) in [5, 5.41) is 0. The Hall–Kier alpha value is -4.96. The topological polar surface area (TPSA) is 103 Å². The minimum absolute atomic E-state index is 0.0728. The third-order valence-corrected chi connectivity index (χ3v) is 8.74. The normalized spacial score (nSPS) is 14.6. The van der Waals surface area contributed by atoms with Gasteiger partial charge in [0.05, 0.1) is 42.6 Å². The molecule has 2 aliphatic rings. The SMILES string of the molecule is CCCCOc1cccc(Oc2nc3c(c(=O)n2-c2ccccc2)CN(C(=O)C2CN(Cc4ccc(CCOC(C)=O)cc4)C2)CC3)c1. The highest BCUT2D eigenvalue weighted by atomic mass is 16.5. The maximum absolute atomic E-state index is 14.1. The molecule has 250 valence electrons.